The van der Waals surface area contributed by atoms with Crippen LogP contribution < -0.4 is 10.2 Å². The molecule has 0 amide bonds. The number of fused-ring (bicyclic) bond motifs is 1. The third-order valence-corrected chi connectivity index (χ3v) is 3.53. The molecule has 5 heteroatoms. The number of benzene rings is 2. The van der Waals surface area contributed by atoms with Crippen molar-refractivity contribution in [1.29, 1.82) is 0 Å². The SMILES string of the molecule is COc1ccc2c(c1)C(c1ccc(Cl)cc1)OB2O. The minimum atomic E-state index is -0.901. The molecule has 0 fully saturated rings. The van der Waals surface area contributed by atoms with E-state index in [-0.39, 0.29) is 6.10 Å². The molecule has 0 spiro atoms. The van der Waals surface area contributed by atoms with E-state index in [2.05, 4.69) is 0 Å². The summed E-state index contributed by atoms with van der Waals surface area (Å²) >= 11 is 5.88. The molecule has 0 saturated carbocycles. The Morgan fingerprint density at radius 1 is 1.21 bits per heavy atom. The highest BCUT2D eigenvalue weighted by atomic mass is 35.5. The van der Waals surface area contributed by atoms with Gasteiger partial charge in [-0.3, -0.25) is 0 Å². The molecule has 0 aromatic heterocycles. The van der Waals surface area contributed by atoms with Crippen LogP contribution in [0.25, 0.3) is 0 Å². The second-order valence-electron chi connectivity index (χ2n) is 4.41. The van der Waals surface area contributed by atoms with Crippen LogP contribution in [0.2, 0.25) is 5.02 Å². The van der Waals surface area contributed by atoms with E-state index in [9.17, 15) is 5.02 Å². The number of rotatable bonds is 2. The van der Waals surface area contributed by atoms with E-state index >= 15 is 0 Å². The summed E-state index contributed by atoms with van der Waals surface area (Å²) in [4.78, 5) is 0. The zero-order valence-electron chi connectivity index (χ0n) is 10.3. The van der Waals surface area contributed by atoms with Gasteiger partial charge in [0.2, 0.25) is 0 Å². The molecule has 3 nitrogen and oxygen atoms in total. The van der Waals surface area contributed by atoms with E-state index in [1.807, 2.05) is 42.5 Å². The molecule has 0 bridgehead atoms. The van der Waals surface area contributed by atoms with Gasteiger partial charge in [0.05, 0.1) is 13.2 Å². The van der Waals surface area contributed by atoms with Crippen molar-refractivity contribution in [2.24, 2.45) is 0 Å². The summed E-state index contributed by atoms with van der Waals surface area (Å²) in [5.41, 5.74) is 2.66. The molecule has 3 rings (SSSR count). The minimum absolute atomic E-state index is 0.294. The van der Waals surface area contributed by atoms with E-state index in [0.717, 1.165) is 22.3 Å². The summed E-state index contributed by atoms with van der Waals surface area (Å²) in [6.45, 7) is 0. The molecular weight excluding hydrogens is 262 g/mol. The average Bonchev–Trinajstić information content (AvgIpc) is 2.76. The third-order valence-electron chi connectivity index (χ3n) is 3.28. The zero-order valence-corrected chi connectivity index (χ0v) is 11.1. The van der Waals surface area contributed by atoms with Gasteiger partial charge in [0.1, 0.15) is 5.75 Å². The third kappa shape index (κ3) is 2.23. The van der Waals surface area contributed by atoms with E-state index in [0.29, 0.717) is 5.02 Å². The predicted octanol–water partition coefficient (Wildman–Crippen LogP) is 2.16. The van der Waals surface area contributed by atoms with Gasteiger partial charge in [0, 0.05) is 5.02 Å². The molecule has 1 heterocycles. The largest absolute Gasteiger partial charge is 0.497 e. The Balaban J connectivity index is 2.04. The second-order valence-corrected chi connectivity index (χ2v) is 4.85. The van der Waals surface area contributed by atoms with Gasteiger partial charge in [-0.25, -0.2) is 0 Å². The van der Waals surface area contributed by atoms with Gasteiger partial charge in [-0.05, 0) is 40.9 Å². The highest BCUT2D eigenvalue weighted by Crippen LogP contribution is 2.32. The van der Waals surface area contributed by atoms with Gasteiger partial charge in [0.25, 0.3) is 0 Å². The molecule has 1 N–H and O–H groups in total. The molecule has 2 aromatic rings. The summed E-state index contributed by atoms with van der Waals surface area (Å²) in [6.07, 6.45) is -0.294. The summed E-state index contributed by atoms with van der Waals surface area (Å²) in [6, 6.07) is 13.0. The second kappa shape index (κ2) is 4.89. The number of methoxy groups -OCH3 is 1. The highest BCUT2D eigenvalue weighted by Gasteiger charge is 2.36. The number of halogens is 1. The molecule has 96 valence electrons. The van der Waals surface area contributed by atoms with E-state index < -0.39 is 7.12 Å². The number of hydrogen-bond donors (Lipinski definition) is 1. The predicted molar refractivity (Wildman–Crippen MR) is 75.0 cm³/mol. The molecule has 1 unspecified atom stereocenters. The maximum Gasteiger partial charge on any atom is 0.492 e. The lowest BCUT2D eigenvalue weighted by molar-refractivity contribution is 0.226. The maximum atomic E-state index is 9.94. The van der Waals surface area contributed by atoms with Crippen molar-refractivity contribution < 1.29 is 14.4 Å². The molecule has 0 saturated heterocycles. The normalized spacial score (nSPS) is 17.4. The highest BCUT2D eigenvalue weighted by molar-refractivity contribution is 6.61. The van der Waals surface area contributed by atoms with Crippen LogP contribution in [0.15, 0.2) is 42.5 Å². The van der Waals surface area contributed by atoms with Gasteiger partial charge in [0.15, 0.2) is 0 Å². The van der Waals surface area contributed by atoms with Crippen LogP contribution in [-0.2, 0) is 4.65 Å². The van der Waals surface area contributed by atoms with Crippen molar-refractivity contribution in [3.05, 3.63) is 58.6 Å². The first-order chi connectivity index (χ1) is 9.19. The van der Waals surface area contributed by atoms with Gasteiger partial charge >= 0.3 is 7.12 Å². The smallest absolute Gasteiger partial charge is 0.492 e. The summed E-state index contributed by atoms with van der Waals surface area (Å²) in [5.74, 6) is 0.746. The lowest BCUT2D eigenvalue weighted by atomic mass is 9.79. The Morgan fingerprint density at radius 2 is 1.95 bits per heavy atom. The Morgan fingerprint density at radius 3 is 2.63 bits per heavy atom. The molecule has 1 aliphatic heterocycles. The van der Waals surface area contributed by atoms with Crippen LogP contribution in [0.5, 0.6) is 5.75 Å². The summed E-state index contributed by atoms with van der Waals surface area (Å²) < 4.78 is 10.8. The van der Waals surface area contributed by atoms with Crippen LogP contribution in [0.1, 0.15) is 17.2 Å². The number of ether oxygens (including phenoxy) is 1. The first kappa shape index (κ1) is 12.5. The van der Waals surface area contributed by atoms with Crippen molar-refractivity contribution in [2.45, 2.75) is 6.10 Å². The van der Waals surface area contributed by atoms with Gasteiger partial charge in [-0.2, -0.15) is 0 Å². The standard InChI is InChI=1S/C14H12BClO3/c1-18-11-6-7-13-12(8-11)14(19-15(13)17)9-2-4-10(16)5-3-9/h2-8,14,17H,1H3. The van der Waals surface area contributed by atoms with Crippen LogP contribution >= 0.6 is 11.6 Å². The van der Waals surface area contributed by atoms with Crippen LogP contribution in [0.3, 0.4) is 0 Å². The van der Waals surface area contributed by atoms with Crippen molar-refractivity contribution in [3.63, 3.8) is 0 Å². The fourth-order valence-electron chi connectivity index (χ4n) is 2.30. The summed E-state index contributed by atoms with van der Waals surface area (Å²) in [5, 5.41) is 10.6. The van der Waals surface area contributed by atoms with Gasteiger partial charge in [-0.1, -0.05) is 29.8 Å². The Bertz CT molecular complexity index is 600. The van der Waals surface area contributed by atoms with Crippen molar-refractivity contribution >= 4 is 24.2 Å². The van der Waals surface area contributed by atoms with E-state index in [1.54, 1.807) is 7.11 Å². The van der Waals surface area contributed by atoms with E-state index in [1.165, 1.54) is 0 Å². The van der Waals surface area contributed by atoms with Crippen LogP contribution in [0.4, 0.5) is 0 Å². The molecule has 2 aromatic carbocycles. The fraction of sp³-hybridized carbons (Fsp3) is 0.143. The van der Waals surface area contributed by atoms with Gasteiger partial charge in [-0.15, -0.1) is 0 Å². The van der Waals surface area contributed by atoms with E-state index in [4.69, 9.17) is 21.0 Å². The monoisotopic (exact) mass is 274 g/mol. The molecule has 19 heavy (non-hydrogen) atoms. The van der Waals surface area contributed by atoms with Crippen molar-refractivity contribution in [3.8, 4) is 5.75 Å². The molecule has 0 radical (unpaired) electrons. The topological polar surface area (TPSA) is 38.7 Å². The zero-order chi connectivity index (χ0) is 13.4. The quantitative estimate of drug-likeness (QED) is 0.853. The van der Waals surface area contributed by atoms with Crippen molar-refractivity contribution in [2.75, 3.05) is 7.11 Å². The Labute approximate surface area is 116 Å². The first-order valence-corrected chi connectivity index (χ1v) is 6.33. The van der Waals surface area contributed by atoms with Crippen LogP contribution in [0, 0.1) is 0 Å². The van der Waals surface area contributed by atoms with Gasteiger partial charge < -0.3 is 14.4 Å². The lowest BCUT2D eigenvalue weighted by Gasteiger charge is -2.13. The molecule has 1 atom stereocenters. The molecular formula is C14H12BClO3. The fourth-order valence-corrected chi connectivity index (χ4v) is 2.43. The molecule has 0 aliphatic carbocycles. The number of hydrogen-bond acceptors (Lipinski definition) is 3. The van der Waals surface area contributed by atoms with Crippen LogP contribution in [-0.4, -0.2) is 19.3 Å². The molecule has 1 aliphatic rings. The maximum absolute atomic E-state index is 9.94. The van der Waals surface area contributed by atoms with Crippen molar-refractivity contribution in [1.82, 2.24) is 0 Å². The minimum Gasteiger partial charge on any atom is -0.497 e. The lowest BCUT2D eigenvalue weighted by Crippen LogP contribution is -2.27. The summed E-state index contributed by atoms with van der Waals surface area (Å²) in [7, 11) is 0.715. The first-order valence-electron chi connectivity index (χ1n) is 5.96. The Kier molecular flexibility index (Phi) is 3.23. The average molecular weight is 275 g/mol. The Hall–Kier alpha value is -1.49.